The zero-order valence-corrected chi connectivity index (χ0v) is 14.8. The predicted molar refractivity (Wildman–Crippen MR) is 83.3 cm³/mol. The number of esters is 4. The van der Waals surface area contributed by atoms with E-state index in [4.69, 9.17) is 14.2 Å². The molecule has 0 saturated heterocycles. The van der Waals surface area contributed by atoms with Gasteiger partial charge in [-0.3, -0.25) is 14.6 Å². The molecular weight excluding hydrogens is 336 g/mol. The molecule has 1 aliphatic heterocycles. The minimum atomic E-state index is -1.46. The summed E-state index contributed by atoms with van der Waals surface area (Å²) in [6, 6.07) is -1.25. The van der Waals surface area contributed by atoms with Gasteiger partial charge < -0.3 is 18.9 Å². The van der Waals surface area contributed by atoms with Gasteiger partial charge in [-0.25, -0.2) is 9.59 Å². The van der Waals surface area contributed by atoms with Crippen LogP contribution >= 0.6 is 0 Å². The summed E-state index contributed by atoms with van der Waals surface area (Å²) in [5.74, 6) is -6.28. The summed E-state index contributed by atoms with van der Waals surface area (Å²) in [6.45, 7) is 3.26. The molecule has 0 radical (unpaired) electrons. The fourth-order valence-electron chi connectivity index (χ4n) is 2.57. The number of hydrogen-bond donors (Lipinski definition) is 0. The molecule has 140 valence electrons. The maximum absolute atomic E-state index is 12.5. The first-order valence-corrected chi connectivity index (χ1v) is 7.64. The van der Waals surface area contributed by atoms with Gasteiger partial charge in [0.1, 0.15) is 11.8 Å². The number of rotatable bonds is 6. The Hall–Kier alpha value is -2.65. The number of hydrazone groups is 1. The Labute approximate surface area is 145 Å². The standard InChI is InChI=1S/C15H22N2O8/c1-6-24-13(19)9-8(12(18)22-4)10(14(20)23-5)16-17(3)11(9)15(21)25-7-2/h8-9,11H,6-7H2,1-5H3/t8-,9+,11-/m1/s1. The highest BCUT2D eigenvalue weighted by atomic mass is 16.5. The lowest BCUT2D eigenvalue weighted by atomic mass is 9.80. The summed E-state index contributed by atoms with van der Waals surface area (Å²) < 4.78 is 19.3. The van der Waals surface area contributed by atoms with E-state index in [1.54, 1.807) is 13.8 Å². The maximum Gasteiger partial charge on any atom is 0.355 e. The van der Waals surface area contributed by atoms with E-state index < -0.39 is 41.8 Å². The van der Waals surface area contributed by atoms with E-state index in [1.807, 2.05) is 0 Å². The van der Waals surface area contributed by atoms with Crippen molar-refractivity contribution < 1.29 is 38.1 Å². The second kappa shape index (κ2) is 9.00. The zero-order valence-electron chi connectivity index (χ0n) is 14.8. The molecule has 1 rings (SSSR count). The number of nitrogens with zero attached hydrogens (tertiary/aromatic N) is 2. The molecule has 3 atom stereocenters. The van der Waals surface area contributed by atoms with E-state index in [9.17, 15) is 19.2 Å². The second-order valence-electron chi connectivity index (χ2n) is 5.03. The van der Waals surface area contributed by atoms with Crippen LogP contribution in [0.5, 0.6) is 0 Å². The molecule has 1 aliphatic rings. The molecule has 0 bridgehead atoms. The summed E-state index contributed by atoms with van der Waals surface area (Å²) in [5.41, 5.74) is -0.351. The molecule has 0 fully saturated rings. The number of hydrogen-bond acceptors (Lipinski definition) is 10. The Morgan fingerprint density at radius 2 is 1.52 bits per heavy atom. The normalized spacial score (nSPS) is 22.5. The minimum Gasteiger partial charge on any atom is -0.468 e. The predicted octanol–water partition coefficient (Wildman–Crippen LogP) is -0.639. The summed E-state index contributed by atoms with van der Waals surface area (Å²) >= 11 is 0. The van der Waals surface area contributed by atoms with Crippen LogP contribution in [0.3, 0.4) is 0 Å². The van der Waals surface area contributed by atoms with Crippen LogP contribution in [0.4, 0.5) is 0 Å². The van der Waals surface area contributed by atoms with Crippen LogP contribution in [0.1, 0.15) is 13.8 Å². The van der Waals surface area contributed by atoms with Crippen LogP contribution in [0.25, 0.3) is 0 Å². The van der Waals surface area contributed by atoms with Crippen LogP contribution in [0.15, 0.2) is 5.10 Å². The molecule has 25 heavy (non-hydrogen) atoms. The van der Waals surface area contributed by atoms with Crippen LogP contribution < -0.4 is 0 Å². The number of likely N-dealkylation sites (N-methyl/N-ethyl adjacent to an activating group) is 1. The van der Waals surface area contributed by atoms with Crippen molar-refractivity contribution in [2.75, 3.05) is 34.5 Å². The Bertz CT molecular complexity index is 574. The van der Waals surface area contributed by atoms with Crippen molar-refractivity contribution in [2.45, 2.75) is 19.9 Å². The summed E-state index contributed by atoms with van der Waals surface area (Å²) in [4.78, 5) is 49.1. The van der Waals surface area contributed by atoms with Crippen LogP contribution in [0.2, 0.25) is 0 Å². The molecule has 0 amide bonds. The number of carbonyl (C=O) groups is 4. The van der Waals surface area contributed by atoms with E-state index >= 15 is 0 Å². The fraction of sp³-hybridized carbons (Fsp3) is 0.667. The highest BCUT2D eigenvalue weighted by molar-refractivity contribution is 6.41. The lowest BCUT2D eigenvalue weighted by molar-refractivity contribution is -0.168. The van der Waals surface area contributed by atoms with E-state index in [0.717, 1.165) is 19.2 Å². The van der Waals surface area contributed by atoms with Gasteiger partial charge in [-0.05, 0) is 13.8 Å². The molecule has 0 aromatic heterocycles. The van der Waals surface area contributed by atoms with Gasteiger partial charge in [-0.1, -0.05) is 0 Å². The molecule has 0 saturated carbocycles. The second-order valence-corrected chi connectivity index (χ2v) is 5.03. The van der Waals surface area contributed by atoms with E-state index in [0.29, 0.717) is 0 Å². The summed E-state index contributed by atoms with van der Waals surface area (Å²) in [5, 5.41) is 5.04. The van der Waals surface area contributed by atoms with Gasteiger partial charge in [-0.2, -0.15) is 5.10 Å². The van der Waals surface area contributed by atoms with Crippen molar-refractivity contribution in [1.29, 1.82) is 0 Å². The van der Waals surface area contributed by atoms with Crippen molar-refractivity contribution in [1.82, 2.24) is 5.01 Å². The molecule has 0 N–H and O–H groups in total. The third-order valence-electron chi connectivity index (χ3n) is 3.60. The summed E-state index contributed by atoms with van der Waals surface area (Å²) in [6.07, 6.45) is 0. The first-order chi connectivity index (χ1) is 11.8. The van der Waals surface area contributed by atoms with Gasteiger partial charge in [0.2, 0.25) is 0 Å². The number of carbonyl (C=O) groups excluding carboxylic acids is 4. The molecule has 1 heterocycles. The highest BCUT2D eigenvalue weighted by Gasteiger charge is 2.54. The first kappa shape index (κ1) is 20.4. The Morgan fingerprint density at radius 1 is 0.960 bits per heavy atom. The molecule has 0 aromatic carbocycles. The summed E-state index contributed by atoms with van der Waals surface area (Å²) in [7, 11) is 3.58. The molecule has 10 nitrogen and oxygen atoms in total. The quantitative estimate of drug-likeness (QED) is 0.451. The van der Waals surface area contributed by atoms with Crippen molar-refractivity contribution in [2.24, 2.45) is 16.9 Å². The smallest absolute Gasteiger partial charge is 0.355 e. The molecule has 0 spiro atoms. The van der Waals surface area contributed by atoms with E-state index in [-0.39, 0.29) is 18.9 Å². The van der Waals surface area contributed by atoms with Gasteiger partial charge in [0.15, 0.2) is 11.8 Å². The van der Waals surface area contributed by atoms with Crippen molar-refractivity contribution in [3.63, 3.8) is 0 Å². The fourth-order valence-corrected chi connectivity index (χ4v) is 2.57. The maximum atomic E-state index is 12.5. The third-order valence-corrected chi connectivity index (χ3v) is 3.60. The molecule has 0 aromatic rings. The SMILES string of the molecule is CCOC(=O)[C@H]1[C@@H](C(=O)OC)C(C(=O)OC)=NN(C)[C@H]1C(=O)OCC. The monoisotopic (exact) mass is 358 g/mol. The average molecular weight is 358 g/mol. The van der Waals surface area contributed by atoms with E-state index in [1.165, 1.54) is 7.05 Å². The van der Waals surface area contributed by atoms with Crippen molar-refractivity contribution >= 4 is 29.6 Å². The van der Waals surface area contributed by atoms with Gasteiger partial charge in [0.05, 0.1) is 27.4 Å². The Morgan fingerprint density at radius 3 is 2.00 bits per heavy atom. The molecule has 0 unspecified atom stereocenters. The lowest BCUT2D eigenvalue weighted by Gasteiger charge is -2.37. The molecule has 0 aliphatic carbocycles. The first-order valence-electron chi connectivity index (χ1n) is 7.64. The number of ether oxygens (including phenoxy) is 4. The highest BCUT2D eigenvalue weighted by Crippen LogP contribution is 2.30. The van der Waals surface area contributed by atoms with Crippen LogP contribution in [-0.4, -0.2) is 75.1 Å². The minimum absolute atomic E-state index is 0.0210. The average Bonchev–Trinajstić information content (AvgIpc) is 2.59. The third kappa shape index (κ3) is 4.25. The topological polar surface area (TPSA) is 121 Å². The zero-order chi connectivity index (χ0) is 19.1. The van der Waals surface area contributed by atoms with Gasteiger partial charge in [0.25, 0.3) is 0 Å². The Kier molecular flexibility index (Phi) is 7.34. The van der Waals surface area contributed by atoms with E-state index in [2.05, 4.69) is 9.84 Å². The lowest BCUT2D eigenvalue weighted by Crippen LogP contribution is -2.57. The number of methoxy groups -OCH3 is 2. The van der Waals surface area contributed by atoms with Crippen molar-refractivity contribution in [3.05, 3.63) is 0 Å². The largest absolute Gasteiger partial charge is 0.468 e. The van der Waals surface area contributed by atoms with Crippen LogP contribution in [0, 0.1) is 11.8 Å². The molecule has 10 heteroatoms. The van der Waals surface area contributed by atoms with Gasteiger partial charge in [-0.15, -0.1) is 0 Å². The van der Waals surface area contributed by atoms with Crippen molar-refractivity contribution in [3.8, 4) is 0 Å². The molecular formula is C15H22N2O8. The van der Waals surface area contributed by atoms with Crippen LogP contribution in [-0.2, 0) is 38.1 Å². The van der Waals surface area contributed by atoms with Gasteiger partial charge in [0, 0.05) is 7.05 Å². The Balaban J connectivity index is 3.50. The van der Waals surface area contributed by atoms with Gasteiger partial charge >= 0.3 is 23.9 Å².